The fraction of sp³-hybridized carbons (Fsp3) is 0.600. The number of rotatable bonds is 10. The first-order valence-electron chi connectivity index (χ1n) is 9.65. The molecule has 162 valence electrons. The summed E-state index contributed by atoms with van der Waals surface area (Å²) in [6.45, 7) is 2.19. The monoisotopic (exact) mass is 415 g/mol. The number of benzene rings is 1. The van der Waals surface area contributed by atoms with Crippen LogP contribution in [0.25, 0.3) is 0 Å². The minimum Gasteiger partial charge on any atom is -0.497 e. The van der Waals surface area contributed by atoms with Gasteiger partial charge in [0.1, 0.15) is 12.3 Å². The van der Waals surface area contributed by atoms with Crippen LogP contribution in [0.3, 0.4) is 0 Å². The van der Waals surface area contributed by atoms with Crippen LogP contribution >= 0.6 is 0 Å². The minimum atomic E-state index is -4.46. The molecule has 9 heteroatoms. The third-order valence-electron chi connectivity index (χ3n) is 5.01. The van der Waals surface area contributed by atoms with Gasteiger partial charge in [0.15, 0.2) is 0 Å². The number of hydrogen-bond acceptors (Lipinski definition) is 4. The van der Waals surface area contributed by atoms with Crippen LogP contribution in [0.15, 0.2) is 24.3 Å². The van der Waals surface area contributed by atoms with E-state index in [-0.39, 0.29) is 24.9 Å². The molecule has 1 N–H and O–H groups in total. The van der Waals surface area contributed by atoms with Gasteiger partial charge >= 0.3 is 6.18 Å². The maximum absolute atomic E-state index is 13.0. The molecule has 1 fully saturated rings. The highest BCUT2D eigenvalue weighted by Gasteiger charge is 2.40. The molecule has 1 atom stereocenters. The van der Waals surface area contributed by atoms with E-state index in [1.165, 1.54) is 12.0 Å². The van der Waals surface area contributed by atoms with Crippen molar-refractivity contribution in [3.63, 3.8) is 0 Å². The normalized spacial score (nSPS) is 15.1. The van der Waals surface area contributed by atoms with Gasteiger partial charge < -0.3 is 15.0 Å². The maximum atomic E-state index is 13.0. The van der Waals surface area contributed by atoms with Crippen LogP contribution in [-0.4, -0.2) is 67.1 Å². The number of nitrogens with one attached hydrogen (secondary N) is 1. The van der Waals surface area contributed by atoms with Crippen molar-refractivity contribution in [3.05, 3.63) is 24.3 Å². The molecule has 1 aliphatic rings. The molecule has 0 saturated heterocycles. The van der Waals surface area contributed by atoms with E-state index in [0.717, 1.165) is 17.7 Å². The molecular weight excluding hydrogens is 387 g/mol. The van der Waals surface area contributed by atoms with Crippen LogP contribution in [0.2, 0.25) is 0 Å². The topological polar surface area (TPSA) is 61.9 Å². The molecule has 0 radical (unpaired) electrons. The molecule has 0 unspecified atom stereocenters. The number of alkyl halides is 3. The summed E-state index contributed by atoms with van der Waals surface area (Å²) in [6.07, 6.45) is -2.78. The highest BCUT2D eigenvalue weighted by Crippen LogP contribution is 2.36. The number of methoxy groups -OCH3 is 1. The molecule has 0 bridgehead atoms. The quantitative estimate of drug-likeness (QED) is 0.638. The second kappa shape index (κ2) is 9.96. The van der Waals surface area contributed by atoms with E-state index in [2.05, 4.69) is 5.32 Å². The second-order valence-electron chi connectivity index (χ2n) is 7.29. The number of nitrogens with zero attached hydrogens (tertiary/aromatic N) is 2. The Hall–Kier alpha value is -2.29. The lowest BCUT2D eigenvalue weighted by Crippen LogP contribution is -2.50. The zero-order valence-electron chi connectivity index (χ0n) is 17.0. The lowest BCUT2D eigenvalue weighted by molar-refractivity contribution is -0.166. The Morgan fingerprint density at radius 1 is 1.21 bits per heavy atom. The van der Waals surface area contributed by atoms with Crippen LogP contribution < -0.4 is 10.1 Å². The van der Waals surface area contributed by atoms with E-state index in [9.17, 15) is 22.8 Å². The van der Waals surface area contributed by atoms with Crippen molar-refractivity contribution in [1.29, 1.82) is 0 Å². The van der Waals surface area contributed by atoms with Gasteiger partial charge in [0.25, 0.3) is 0 Å². The van der Waals surface area contributed by atoms with E-state index < -0.39 is 24.7 Å². The van der Waals surface area contributed by atoms with Crippen molar-refractivity contribution < 1.29 is 27.5 Å². The Labute approximate surface area is 169 Å². The van der Waals surface area contributed by atoms with Gasteiger partial charge in [0.2, 0.25) is 11.8 Å². The van der Waals surface area contributed by atoms with Crippen molar-refractivity contribution in [2.24, 2.45) is 5.92 Å². The summed E-state index contributed by atoms with van der Waals surface area (Å²) < 4.78 is 43.9. The zero-order valence-corrected chi connectivity index (χ0v) is 17.0. The molecule has 0 aliphatic heterocycles. The minimum absolute atomic E-state index is 0.0913. The predicted molar refractivity (Wildman–Crippen MR) is 104 cm³/mol. The van der Waals surface area contributed by atoms with Crippen LogP contribution in [0.5, 0.6) is 5.75 Å². The van der Waals surface area contributed by atoms with E-state index in [1.54, 1.807) is 38.1 Å². The Morgan fingerprint density at radius 2 is 1.83 bits per heavy atom. The fourth-order valence-electron chi connectivity index (χ4n) is 3.13. The van der Waals surface area contributed by atoms with Crippen molar-refractivity contribution in [3.8, 4) is 5.75 Å². The lowest BCUT2D eigenvalue weighted by Gasteiger charge is -2.32. The highest BCUT2D eigenvalue weighted by atomic mass is 19.4. The van der Waals surface area contributed by atoms with Crippen molar-refractivity contribution in [2.75, 3.05) is 38.6 Å². The summed E-state index contributed by atoms with van der Waals surface area (Å²) in [5.41, 5.74) is 0.569. The van der Waals surface area contributed by atoms with Crippen molar-refractivity contribution >= 4 is 17.5 Å². The van der Waals surface area contributed by atoms with Gasteiger partial charge in [-0.05, 0) is 56.5 Å². The van der Waals surface area contributed by atoms with Crippen molar-refractivity contribution in [2.45, 2.75) is 38.9 Å². The molecule has 0 spiro atoms. The van der Waals surface area contributed by atoms with E-state index in [1.807, 2.05) is 0 Å². The van der Waals surface area contributed by atoms with Gasteiger partial charge in [0.05, 0.1) is 20.2 Å². The molecule has 29 heavy (non-hydrogen) atoms. The van der Waals surface area contributed by atoms with E-state index in [0.29, 0.717) is 18.0 Å². The Morgan fingerprint density at radius 3 is 2.31 bits per heavy atom. The van der Waals surface area contributed by atoms with Gasteiger partial charge in [-0.3, -0.25) is 14.5 Å². The second-order valence-corrected chi connectivity index (χ2v) is 7.29. The SMILES string of the molecule is CCN(CC(=O)Nc1ccc(OC)cc1)CC(=O)N(CC(F)(F)F)[C@H](C)C1CC1. The molecule has 2 amide bonds. The van der Waals surface area contributed by atoms with Crippen LogP contribution in [0.4, 0.5) is 18.9 Å². The molecule has 1 aromatic rings. The van der Waals surface area contributed by atoms with E-state index >= 15 is 0 Å². The molecule has 6 nitrogen and oxygen atoms in total. The van der Waals surface area contributed by atoms with Gasteiger partial charge in [-0.2, -0.15) is 13.2 Å². The summed E-state index contributed by atoms with van der Waals surface area (Å²) in [7, 11) is 1.54. The average molecular weight is 415 g/mol. The van der Waals surface area contributed by atoms with Crippen molar-refractivity contribution in [1.82, 2.24) is 9.80 Å². The third kappa shape index (κ3) is 7.56. The summed E-state index contributed by atoms with van der Waals surface area (Å²) >= 11 is 0. The number of anilines is 1. The average Bonchev–Trinajstić information content (AvgIpc) is 3.50. The summed E-state index contributed by atoms with van der Waals surface area (Å²) in [5, 5.41) is 2.71. The number of hydrogen-bond donors (Lipinski definition) is 1. The molecular formula is C20H28F3N3O3. The molecule has 1 aromatic carbocycles. The first kappa shape index (κ1) is 23.0. The first-order chi connectivity index (χ1) is 13.6. The summed E-state index contributed by atoms with van der Waals surface area (Å²) in [4.78, 5) is 27.3. The van der Waals surface area contributed by atoms with Crippen LogP contribution in [-0.2, 0) is 9.59 Å². The largest absolute Gasteiger partial charge is 0.497 e. The zero-order chi connectivity index (χ0) is 21.6. The van der Waals surface area contributed by atoms with Gasteiger partial charge in [-0.15, -0.1) is 0 Å². The number of carbonyl (C=O) groups is 2. The number of ether oxygens (including phenoxy) is 1. The Balaban J connectivity index is 1.94. The molecule has 2 rings (SSSR count). The summed E-state index contributed by atoms with van der Waals surface area (Å²) in [6, 6.07) is 6.30. The number of amides is 2. The van der Waals surface area contributed by atoms with Gasteiger partial charge in [-0.1, -0.05) is 6.92 Å². The number of carbonyl (C=O) groups excluding carboxylic acids is 2. The molecule has 0 heterocycles. The first-order valence-corrected chi connectivity index (χ1v) is 9.65. The Bertz CT molecular complexity index is 690. The van der Waals surface area contributed by atoms with Crippen LogP contribution in [0.1, 0.15) is 26.7 Å². The highest BCUT2D eigenvalue weighted by molar-refractivity contribution is 5.92. The maximum Gasteiger partial charge on any atom is 0.406 e. The smallest absolute Gasteiger partial charge is 0.406 e. The fourth-order valence-corrected chi connectivity index (χ4v) is 3.13. The summed E-state index contributed by atoms with van der Waals surface area (Å²) in [5.74, 6) is -0.184. The molecule has 1 saturated carbocycles. The van der Waals surface area contributed by atoms with E-state index in [4.69, 9.17) is 4.74 Å². The molecule has 0 aromatic heterocycles. The number of likely N-dealkylation sites (N-methyl/N-ethyl adjacent to an activating group) is 1. The van der Waals surface area contributed by atoms with Gasteiger partial charge in [0, 0.05) is 11.7 Å². The third-order valence-corrected chi connectivity index (χ3v) is 5.01. The predicted octanol–water partition coefficient (Wildman–Crippen LogP) is 3.15. The Kier molecular flexibility index (Phi) is 7.89. The lowest BCUT2D eigenvalue weighted by atomic mass is 10.1. The number of halogens is 3. The standard InChI is InChI=1S/C20H28F3N3O3/c1-4-25(11-18(27)24-16-7-9-17(29-3)10-8-16)12-19(28)26(13-20(21,22)23)14(2)15-5-6-15/h7-10,14-15H,4-6,11-13H2,1-3H3,(H,24,27)/t14-/m1/s1. The van der Waals surface area contributed by atoms with Gasteiger partial charge in [-0.25, -0.2) is 0 Å². The molecule has 1 aliphatic carbocycles. The van der Waals surface area contributed by atoms with Crippen LogP contribution in [0, 0.1) is 5.92 Å².